The van der Waals surface area contributed by atoms with Crippen LogP contribution in [0.1, 0.15) is 304 Å². The van der Waals surface area contributed by atoms with Crippen LogP contribution in [0.2, 0.25) is 0 Å². The second-order valence-corrected chi connectivity index (χ2v) is 39.3. The fraction of sp³-hybridized carbons (Fsp3) is 0.510. The molecule has 8 aromatic heterocycles. The summed E-state index contributed by atoms with van der Waals surface area (Å²) in [6, 6.07) is 16.0. The molecule has 0 aliphatic rings. The van der Waals surface area contributed by atoms with Gasteiger partial charge in [-0.2, -0.15) is 0 Å². The molecular weight excluding hydrogens is 1580 g/mol. The third-order valence-electron chi connectivity index (χ3n) is 23.8. The Bertz CT molecular complexity index is 5170. The zero-order valence-electron chi connectivity index (χ0n) is 70.1. The standard InChI is InChI=1S/C98H118F8N4S6/c1-11-19-25-29-33-37-43-71-72(44-38-34-30-26-20-12-2)108-94-86(90(104)89(103)60(10)93(94)107-71)77-49-47-75(112-77)63-54-68(100)64(55-67(63)99)76-48-50-78(113-76)87-91(105)92(106)88(96-95(87)109-73(45-39-35-31-27-21-13-3)74(110-96)46-40-36-32-28-22-14-4)81-56-66-85(83-58-70(102)80(115-83)53-62(18-8)42-24-16-6)97-65(51-59(9)111-97)84(98(66)116-81)82-57-69(101)79(114-82)52-61(17-7)41-23-15-5/h47-51,54-58,61-62H,11-46,52-53H2,1-10H3. The number of unbranched alkanes of at least 4 members (excludes halogenated alkanes) is 22. The summed E-state index contributed by atoms with van der Waals surface area (Å²) in [7, 11) is 0. The van der Waals surface area contributed by atoms with Gasteiger partial charge in [0.2, 0.25) is 0 Å². The van der Waals surface area contributed by atoms with Gasteiger partial charge in [0.1, 0.15) is 39.8 Å². The van der Waals surface area contributed by atoms with Crippen molar-refractivity contribution in [3.8, 4) is 73.1 Å². The van der Waals surface area contributed by atoms with E-state index in [4.69, 9.17) is 19.9 Å². The molecule has 0 radical (unpaired) electrons. The molecule has 0 amide bonds. The minimum absolute atomic E-state index is 0.0593. The molecule has 0 spiro atoms. The first-order valence-electron chi connectivity index (χ1n) is 44.0. The van der Waals surface area contributed by atoms with E-state index >= 15 is 35.1 Å². The van der Waals surface area contributed by atoms with E-state index in [1.54, 1.807) is 47.7 Å². The lowest BCUT2D eigenvalue weighted by molar-refractivity contribution is 0.444. The molecule has 12 rings (SSSR count). The number of nitrogens with zero attached hydrogens (tertiary/aromatic N) is 4. The lowest BCUT2D eigenvalue weighted by atomic mass is 9.95. The molecular formula is C98H118F8N4S6. The Kier molecular flexibility index (Phi) is 32.8. The van der Waals surface area contributed by atoms with Crippen LogP contribution in [0.25, 0.3) is 115 Å². The van der Waals surface area contributed by atoms with E-state index in [9.17, 15) is 0 Å². The monoisotopic (exact) mass is 1690 g/mol. The molecule has 18 heteroatoms. The van der Waals surface area contributed by atoms with Gasteiger partial charge in [0.15, 0.2) is 23.3 Å². The van der Waals surface area contributed by atoms with Crippen LogP contribution >= 0.6 is 68.0 Å². The Balaban J connectivity index is 0.987. The van der Waals surface area contributed by atoms with Crippen LogP contribution in [-0.2, 0) is 38.5 Å². The van der Waals surface area contributed by atoms with Gasteiger partial charge in [-0.15, -0.1) is 68.0 Å². The number of hydrogen-bond donors (Lipinski definition) is 0. The van der Waals surface area contributed by atoms with E-state index in [0.717, 1.165) is 296 Å². The molecule has 2 unspecified atom stereocenters. The summed E-state index contributed by atoms with van der Waals surface area (Å²) in [4.78, 5) is 26.6. The number of aromatic nitrogens is 4. The van der Waals surface area contributed by atoms with Gasteiger partial charge in [0.25, 0.3) is 0 Å². The highest BCUT2D eigenvalue weighted by molar-refractivity contribution is 7.25. The molecule has 0 fully saturated rings. The maximum Gasteiger partial charge on any atom is 0.170 e. The van der Waals surface area contributed by atoms with Crippen molar-refractivity contribution in [1.82, 2.24) is 19.9 Å². The number of fused-ring (bicyclic) bond motifs is 4. The molecule has 0 saturated carbocycles. The Morgan fingerprint density at radius 3 is 1.02 bits per heavy atom. The minimum atomic E-state index is -1.17. The van der Waals surface area contributed by atoms with Gasteiger partial charge in [-0.05, 0) is 151 Å². The van der Waals surface area contributed by atoms with Crippen LogP contribution in [0.15, 0.2) is 60.7 Å². The molecule has 116 heavy (non-hydrogen) atoms. The highest BCUT2D eigenvalue weighted by atomic mass is 32.1. The van der Waals surface area contributed by atoms with Crippen LogP contribution in [0, 0.1) is 72.2 Å². The van der Waals surface area contributed by atoms with Crippen molar-refractivity contribution in [1.29, 1.82) is 0 Å². The average Bonchev–Trinajstić information content (AvgIpc) is 1.40. The van der Waals surface area contributed by atoms with Crippen molar-refractivity contribution < 1.29 is 35.1 Å². The van der Waals surface area contributed by atoms with Gasteiger partial charge < -0.3 is 0 Å². The zero-order valence-corrected chi connectivity index (χ0v) is 75.0. The summed E-state index contributed by atoms with van der Waals surface area (Å²) in [6.45, 7) is 21.1. The number of aryl methyl sites for hydroxylation is 6. The SMILES string of the molecule is CCCCCCCCc1nc2c(C)c(F)c(F)c(-c3ccc(-c4cc(F)c(-c5ccc(-c6c(F)c(F)c(-c7cc8c(-c9cc(F)c(CC(CC)CCCC)s9)c9sc(C)cc9c(-c9cc(F)c(CC(CC)CCCC)s9)c8s7)c7nc(CCCCCCCC)c(CCCCCCCC)nc67)s5)cc4F)s3)c2nc1CCCCCCCC. The summed E-state index contributed by atoms with van der Waals surface area (Å²) >= 11 is 7.84. The van der Waals surface area contributed by atoms with Crippen LogP contribution in [0.3, 0.4) is 0 Å². The number of rotatable bonds is 47. The highest BCUT2D eigenvalue weighted by Crippen LogP contribution is 2.56. The molecule has 0 bridgehead atoms. The fourth-order valence-electron chi connectivity index (χ4n) is 16.9. The second kappa shape index (κ2) is 42.8. The predicted molar refractivity (Wildman–Crippen MR) is 484 cm³/mol. The molecule has 4 aromatic carbocycles. The smallest absolute Gasteiger partial charge is 0.170 e. The van der Waals surface area contributed by atoms with Crippen molar-refractivity contribution in [2.24, 2.45) is 11.8 Å². The predicted octanol–water partition coefficient (Wildman–Crippen LogP) is 34.8. The Morgan fingerprint density at radius 2 is 0.621 bits per heavy atom. The lowest BCUT2D eigenvalue weighted by Crippen LogP contribution is -2.07. The maximum atomic E-state index is 18.8. The van der Waals surface area contributed by atoms with Crippen molar-refractivity contribution in [3.63, 3.8) is 0 Å². The molecule has 0 saturated heterocycles. The van der Waals surface area contributed by atoms with Crippen molar-refractivity contribution in [2.75, 3.05) is 0 Å². The van der Waals surface area contributed by atoms with E-state index in [1.807, 2.05) is 6.07 Å². The van der Waals surface area contributed by atoms with Crippen molar-refractivity contribution >= 4 is 110 Å². The molecule has 0 aliphatic heterocycles. The highest BCUT2D eigenvalue weighted by Gasteiger charge is 2.33. The van der Waals surface area contributed by atoms with Crippen LogP contribution in [0.4, 0.5) is 35.1 Å². The first-order chi connectivity index (χ1) is 56.4. The van der Waals surface area contributed by atoms with E-state index in [0.29, 0.717) is 65.0 Å². The minimum Gasteiger partial charge on any atom is -0.249 e. The van der Waals surface area contributed by atoms with E-state index in [1.165, 1.54) is 53.8 Å². The molecule has 0 N–H and O–H groups in total. The summed E-state index contributed by atoms with van der Waals surface area (Å²) in [5.41, 5.74) is 5.11. The molecule has 0 aliphatic carbocycles. The molecule has 12 aromatic rings. The summed E-state index contributed by atoms with van der Waals surface area (Å²) in [5.74, 6) is -5.89. The number of halogens is 8. The topological polar surface area (TPSA) is 51.6 Å². The average molecular weight is 1700 g/mol. The third-order valence-corrected chi connectivity index (χ3v) is 30.6. The first-order valence-corrected chi connectivity index (χ1v) is 48.9. The van der Waals surface area contributed by atoms with Gasteiger partial charge >= 0.3 is 0 Å². The van der Waals surface area contributed by atoms with Gasteiger partial charge in [-0.25, -0.2) is 55.1 Å². The van der Waals surface area contributed by atoms with Crippen LogP contribution in [0.5, 0.6) is 0 Å². The summed E-state index contributed by atoms with van der Waals surface area (Å²) < 4.78 is 141. The molecule has 4 nitrogen and oxygen atoms in total. The van der Waals surface area contributed by atoms with Gasteiger partial charge in [0.05, 0.1) is 45.0 Å². The molecule has 622 valence electrons. The first kappa shape index (κ1) is 89.0. The molecule has 2 atom stereocenters. The normalized spacial score (nSPS) is 12.6. The maximum absolute atomic E-state index is 18.8. The third kappa shape index (κ3) is 20.7. The van der Waals surface area contributed by atoms with E-state index < -0.39 is 34.9 Å². The van der Waals surface area contributed by atoms with Gasteiger partial charge in [0, 0.05) is 96.8 Å². The largest absolute Gasteiger partial charge is 0.249 e. The van der Waals surface area contributed by atoms with Gasteiger partial charge in [-0.3, -0.25) is 0 Å². The van der Waals surface area contributed by atoms with E-state index in [2.05, 4.69) is 68.4 Å². The van der Waals surface area contributed by atoms with Crippen LogP contribution in [-0.4, -0.2) is 19.9 Å². The lowest BCUT2D eigenvalue weighted by Gasteiger charge is -2.16. The van der Waals surface area contributed by atoms with Gasteiger partial charge in [-0.1, -0.05) is 235 Å². The van der Waals surface area contributed by atoms with E-state index in [-0.39, 0.29) is 86.6 Å². The summed E-state index contributed by atoms with van der Waals surface area (Å²) in [6.07, 6.45) is 37.1. The van der Waals surface area contributed by atoms with Crippen molar-refractivity contribution in [3.05, 3.63) is 150 Å². The Labute approximate surface area is 708 Å². The Hall–Kier alpha value is -6.28. The summed E-state index contributed by atoms with van der Waals surface area (Å²) in [5, 5.41) is 1.62. The van der Waals surface area contributed by atoms with Crippen molar-refractivity contribution in [2.45, 2.75) is 313 Å². The Morgan fingerprint density at radius 1 is 0.293 bits per heavy atom. The molecule has 8 heterocycles. The quantitative estimate of drug-likeness (QED) is 0.0282. The number of benzene rings is 4. The fourth-order valence-corrected chi connectivity index (χ4v) is 23.9. The number of hydrogen-bond acceptors (Lipinski definition) is 10. The van der Waals surface area contributed by atoms with Crippen LogP contribution < -0.4 is 0 Å². The zero-order chi connectivity index (χ0) is 82.1. The number of thiophene rings is 6. The second-order valence-electron chi connectivity index (χ2n) is 32.6.